The molecule has 33 heavy (non-hydrogen) atoms. The number of nitrogens with one attached hydrogen (secondary N) is 1. The molecule has 5 aromatic rings. The molecule has 6 nitrogen and oxygen atoms in total. The normalized spacial score (nSPS) is 10.9. The zero-order valence-corrected chi connectivity index (χ0v) is 18.2. The quantitative estimate of drug-likeness (QED) is 0.348. The largest absolute Gasteiger partial charge is 0.485 e. The van der Waals surface area contributed by atoms with Crippen LogP contribution in [0.3, 0.4) is 0 Å². The summed E-state index contributed by atoms with van der Waals surface area (Å²) in [6.07, 6.45) is 0. The van der Waals surface area contributed by atoms with E-state index in [4.69, 9.17) is 9.15 Å². The Balaban J connectivity index is 1.23. The average Bonchev–Trinajstić information content (AvgIpc) is 3.45. The van der Waals surface area contributed by atoms with E-state index in [0.717, 1.165) is 27.8 Å². The second-order valence-electron chi connectivity index (χ2n) is 7.80. The van der Waals surface area contributed by atoms with Crippen molar-refractivity contribution in [3.8, 4) is 5.75 Å². The van der Waals surface area contributed by atoms with Crippen LogP contribution in [0.15, 0.2) is 95.4 Å². The molecule has 0 atom stereocenters. The molecule has 0 fully saturated rings. The van der Waals surface area contributed by atoms with Crippen molar-refractivity contribution >= 4 is 22.5 Å². The molecule has 5 rings (SSSR count). The molecule has 2 aromatic heterocycles. The van der Waals surface area contributed by atoms with Crippen LogP contribution in [-0.2, 0) is 13.2 Å². The van der Waals surface area contributed by atoms with Gasteiger partial charge in [0.25, 0.3) is 5.91 Å². The molecular weight excluding hydrogens is 414 g/mol. The number of aryl methyl sites for hydroxylation is 1. The number of amides is 1. The Morgan fingerprint density at radius 2 is 1.76 bits per heavy atom. The van der Waals surface area contributed by atoms with E-state index in [1.54, 1.807) is 12.1 Å². The van der Waals surface area contributed by atoms with Crippen molar-refractivity contribution in [2.45, 2.75) is 20.1 Å². The fourth-order valence-electron chi connectivity index (χ4n) is 3.71. The third kappa shape index (κ3) is 4.65. The number of nitrogens with zero attached hydrogens (tertiary/aromatic N) is 2. The summed E-state index contributed by atoms with van der Waals surface area (Å²) in [7, 11) is 0. The number of carbonyl (C=O) groups is 1. The van der Waals surface area contributed by atoms with E-state index in [-0.39, 0.29) is 18.3 Å². The van der Waals surface area contributed by atoms with Gasteiger partial charge in [-0.3, -0.25) is 9.48 Å². The van der Waals surface area contributed by atoms with Gasteiger partial charge in [0, 0.05) is 17.1 Å². The standard InChI is InChI=1S/C27H23N3O3/c1-19-16-26(29-30(19)17-20-8-3-2-4-9-20)28-27(31)25-15-14-22(33-25)18-32-24-13-7-11-21-10-5-6-12-23(21)24/h2-16H,17-18H2,1H3,(H,28,29,31). The van der Waals surface area contributed by atoms with Crippen molar-refractivity contribution in [3.05, 3.63) is 114 Å². The molecule has 2 heterocycles. The van der Waals surface area contributed by atoms with Crippen LogP contribution in [0.2, 0.25) is 0 Å². The third-order valence-electron chi connectivity index (χ3n) is 5.40. The van der Waals surface area contributed by atoms with Crippen LogP contribution >= 0.6 is 0 Å². The van der Waals surface area contributed by atoms with Gasteiger partial charge in [-0.15, -0.1) is 0 Å². The summed E-state index contributed by atoms with van der Waals surface area (Å²) < 4.78 is 13.5. The summed E-state index contributed by atoms with van der Waals surface area (Å²) in [6, 6.07) is 29.3. The van der Waals surface area contributed by atoms with Crippen molar-refractivity contribution in [1.29, 1.82) is 0 Å². The number of anilines is 1. The first-order valence-corrected chi connectivity index (χ1v) is 10.7. The first-order chi connectivity index (χ1) is 16.2. The van der Waals surface area contributed by atoms with Gasteiger partial charge in [0.2, 0.25) is 0 Å². The molecule has 0 aliphatic carbocycles. The summed E-state index contributed by atoms with van der Waals surface area (Å²) in [6.45, 7) is 2.83. The van der Waals surface area contributed by atoms with Crippen molar-refractivity contribution in [1.82, 2.24) is 9.78 Å². The highest BCUT2D eigenvalue weighted by Gasteiger charge is 2.15. The third-order valence-corrected chi connectivity index (χ3v) is 5.40. The highest BCUT2D eigenvalue weighted by atomic mass is 16.5. The van der Waals surface area contributed by atoms with E-state index in [1.807, 2.05) is 90.5 Å². The van der Waals surface area contributed by atoms with E-state index >= 15 is 0 Å². The van der Waals surface area contributed by atoms with Gasteiger partial charge in [0.15, 0.2) is 11.6 Å². The van der Waals surface area contributed by atoms with Crippen molar-refractivity contribution in [2.24, 2.45) is 0 Å². The van der Waals surface area contributed by atoms with E-state index in [0.29, 0.717) is 18.1 Å². The van der Waals surface area contributed by atoms with Crippen molar-refractivity contribution in [2.75, 3.05) is 5.32 Å². The van der Waals surface area contributed by atoms with Gasteiger partial charge < -0.3 is 14.5 Å². The molecule has 0 spiro atoms. The molecule has 0 radical (unpaired) electrons. The number of benzene rings is 3. The summed E-state index contributed by atoms with van der Waals surface area (Å²) in [4.78, 5) is 12.7. The fraction of sp³-hybridized carbons (Fsp3) is 0.111. The van der Waals surface area contributed by atoms with Gasteiger partial charge in [-0.1, -0.05) is 66.7 Å². The highest BCUT2D eigenvalue weighted by molar-refractivity contribution is 6.01. The van der Waals surface area contributed by atoms with Crippen LogP contribution in [0.25, 0.3) is 10.8 Å². The lowest BCUT2D eigenvalue weighted by Gasteiger charge is -2.07. The first kappa shape index (κ1) is 20.6. The molecule has 3 aromatic carbocycles. The second kappa shape index (κ2) is 9.04. The van der Waals surface area contributed by atoms with Gasteiger partial charge in [-0.05, 0) is 36.1 Å². The van der Waals surface area contributed by atoms with Crippen LogP contribution in [0, 0.1) is 6.92 Å². The maximum Gasteiger partial charge on any atom is 0.292 e. The van der Waals surface area contributed by atoms with E-state index in [2.05, 4.69) is 10.4 Å². The lowest BCUT2D eigenvalue weighted by Crippen LogP contribution is -2.12. The van der Waals surface area contributed by atoms with Gasteiger partial charge in [0.05, 0.1) is 6.54 Å². The number of hydrogen-bond donors (Lipinski definition) is 1. The summed E-state index contributed by atoms with van der Waals surface area (Å²) in [5, 5.41) is 9.45. The fourth-order valence-corrected chi connectivity index (χ4v) is 3.71. The molecule has 1 amide bonds. The van der Waals surface area contributed by atoms with Crippen LogP contribution < -0.4 is 10.1 Å². The van der Waals surface area contributed by atoms with Gasteiger partial charge >= 0.3 is 0 Å². The van der Waals surface area contributed by atoms with Gasteiger partial charge in [-0.25, -0.2) is 0 Å². The molecule has 0 aliphatic rings. The molecule has 0 saturated heterocycles. The average molecular weight is 437 g/mol. The Kier molecular flexibility index (Phi) is 5.64. The Labute approximate surface area is 191 Å². The lowest BCUT2D eigenvalue weighted by molar-refractivity contribution is 0.0992. The SMILES string of the molecule is Cc1cc(NC(=O)c2ccc(COc3cccc4ccccc34)o2)nn1Cc1ccccc1. The molecular formula is C27H23N3O3. The molecule has 0 bridgehead atoms. The monoisotopic (exact) mass is 437 g/mol. The van der Waals surface area contributed by atoms with E-state index in [9.17, 15) is 4.79 Å². The number of aromatic nitrogens is 2. The summed E-state index contributed by atoms with van der Waals surface area (Å²) in [5.74, 6) is 1.68. The minimum absolute atomic E-state index is 0.210. The molecule has 0 unspecified atom stereocenters. The number of ether oxygens (including phenoxy) is 1. The van der Waals surface area contributed by atoms with Crippen molar-refractivity contribution < 1.29 is 13.9 Å². The Bertz CT molecular complexity index is 1400. The summed E-state index contributed by atoms with van der Waals surface area (Å²) >= 11 is 0. The van der Waals surface area contributed by atoms with Crippen LogP contribution in [0.4, 0.5) is 5.82 Å². The number of hydrogen-bond acceptors (Lipinski definition) is 4. The lowest BCUT2D eigenvalue weighted by atomic mass is 10.1. The maximum atomic E-state index is 12.7. The van der Waals surface area contributed by atoms with Gasteiger partial charge in [-0.2, -0.15) is 5.10 Å². The van der Waals surface area contributed by atoms with E-state index < -0.39 is 0 Å². The minimum atomic E-state index is -0.351. The number of furan rings is 1. The molecule has 6 heteroatoms. The Morgan fingerprint density at radius 3 is 2.64 bits per heavy atom. The molecule has 0 saturated carbocycles. The first-order valence-electron chi connectivity index (χ1n) is 10.7. The number of fused-ring (bicyclic) bond motifs is 1. The molecule has 0 aliphatic heterocycles. The summed E-state index contributed by atoms with van der Waals surface area (Å²) in [5.41, 5.74) is 2.10. The zero-order valence-electron chi connectivity index (χ0n) is 18.2. The molecule has 164 valence electrons. The van der Waals surface area contributed by atoms with Crippen LogP contribution in [-0.4, -0.2) is 15.7 Å². The smallest absolute Gasteiger partial charge is 0.292 e. The molecule has 1 N–H and O–H groups in total. The topological polar surface area (TPSA) is 69.3 Å². The maximum absolute atomic E-state index is 12.7. The van der Waals surface area contributed by atoms with Crippen molar-refractivity contribution in [3.63, 3.8) is 0 Å². The minimum Gasteiger partial charge on any atom is -0.485 e. The van der Waals surface area contributed by atoms with Crippen LogP contribution in [0.1, 0.15) is 27.6 Å². The predicted octanol–water partition coefficient (Wildman–Crippen LogP) is 5.82. The second-order valence-corrected chi connectivity index (χ2v) is 7.80. The van der Waals surface area contributed by atoms with Gasteiger partial charge in [0.1, 0.15) is 18.1 Å². The van der Waals surface area contributed by atoms with Crippen LogP contribution in [0.5, 0.6) is 5.75 Å². The number of rotatable bonds is 7. The Hall–Kier alpha value is -4.32. The number of carbonyl (C=O) groups excluding carboxylic acids is 1. The predicted molar refractivity (Wildman–Crippen MR) is 127 cm³/mol. The Morgan fingerprint density at radius 1 is 0.970 bits per heavy atom. The van der Waals surface area contributed by atoms with E-state index in [1.165, 1.54) is 0 Å². The highest BCUT2D eigenvalue weighted by Crippen LogP contribution is 2.26. The zero-order chi connectivity index (χ0) is 22.6.